The second-order valence-electron chi connectivity index (χ2n) is 1.53. The summed E-state index contributed by atoms with van der Waals surface area (Å²) in [5.41, 5.74) is 1.07. The molecule has 0 saturated carbocycles. The molecular formula is C6H9Cl2NOSe. The molecule has 0 aliphatic heterocycles. The van der Waals surface area contributed by atoms with Crippen LogP contribution in [0.25, 0.3) is 0 Å². The van der Waals surface area contributed by atoms with Crippen LogP contribution < -0.4 is 0 Å². The SMILES string of the molecule is Cc1ccccn1.ClOCl.[SeH2]. The summed E-state index contributed by atoms with van der Waals surface area (Å²) in [5.74, 6) is 0. The minimum absolute atomic E-state index is 0. The van der Waals surface area contributed by atoms with E-state index in [0.717, 1.165) is 5.69 Å². The Hall–Kier alpha value is 0.209. The van der Waals surface area contributed by atoms with Crippen LogP contribution in [-0.4, -0.2) is 22.1 Å². The van der Waals surface area contributed by atoms with Crippen molar-refractivity contribution in [1.82, 2.24) is 4.98 Å². The molecule has 0 bridgehead atoms. The summed E-state index contributed by atoms with van der Waals surface area (Å²) in [5, 5.41) is 0. The molecule has 0 saturated heterocycles. The molecule has 0 unspecified atom stereocenters. The van der Waals surface area contributed by atoms with Gasteiger partial charge in [0.15, 0.2) is 0 Å². The molecule has 11 heavy (non-hydrogen) atoms. The summed E-state index contributed by atoms with van der Waals surface area (Å²) in [7, 11) is 0. The quantitative estimate of drug-likeness (QED) is 0.664. The number of aromatic nitrogens is 1. The Morgan fingerprint density at radius 2 is 1.91 bits per heavy atom. The summed E-state index contributed by atoms with van der Waals surface area (Å²) in [6, 6.07) is 5.86. The molecule has 0 radical (unpaired) electrons. The van der Waals surface area contributed by atoms with Crippen molar-refractivity contribution in [3.8, 4) is 0 Å². The number of rotatable bonds is 0. The van der Waals surface area contributed by atoms with Gasteiger partial charge in [0.1, 0.15) is 0 Å². The zero-order chi connectivity index (χ0) is 7.82. The minimum atomic E-state index is 0. The average Bonchev–Trinajstić information content (AvgIpc) is 1.91. The molecule has 2 nitrogen and oxygen atoms in total. The molecule has 0 aromatic carbocycles. The Kier molecular flexibility index (Phi) is 12.8. The number of halogens is 2. The first kappa shape index (κ1) is 13.8. The van der Waals surface area contributed by atoms with Crippen molar-refractivity contribution >= 4 is 40.8 Å². The molecule has 1 heterocycles. The van der Waals surface area contributed by atoms with Gasteiger partial charge < -0.3 is 0 Å². The van der Waals surface area contributed by atoms with Gasteiger partial charge >= 0.3 is 17.1 Å². The number of aryl methyl sites for hydroxylation is 1. The fourth-order valence-electron chi connectivity index (χ4n) is 0.448. The van der Waals surface area contributed by atoms with Gasteiger partial charge in [-0.15, -0.1) is 0 Å². The van der Waals surface area contributed by atoms with Gasteiger partial charge in [-0.1, -0.05) is 6.07 Å². The van der Waals surface area contributed by atoms with Gasteiger partial charge in [-0.05, 0) is 19.1 Å². The van der Waals surface area contributed by atoms with Crippen molar-refractivity contribution in [2.24, 2.45) is 0 Å². The van der Waals surface area contributed by atoms with Crippen LogP contribution in [-0.2, 0) is 3.84 Å². The Balaban J connectivity index is 0. The number of hydrogen-bond acceptors (Lipinski definition) is 2. The van der Waals surface area contributed by atoms with Crippen LogP contribution in [0.4, 0.5) is 0 Å². The van der Waals surface area contributed by atoms with Gasteiger partial charge in [-0.2, -0.15) is 3.84 Å². The van der Waals surface area contributed by atoms with Crippen LogP contribution >= 0.6 is 23.7 Å². The van der Waals surface area contributed by atoms with Crippen LogP contribution in [0.15, 0.2) is 24.4 Å². The summed E-state index contributed by atoms with van der Waals surface area (Å²) in [4.78, 5) is 3.98. The van der Waals surface area contributed by atoms with E-state index in [2.05, 4.69) is 32.6 Å². The number of nitrogens with zero attached hydrogens (tertiary/aromatic N) is 1. The summed E-state index contributed by atoms with van der Waals surface area (Å²) < 4.78 is 3.19. The molecule has 0 fully saturated rings. The fourth-order valence-corrected chi connectivity index (χ4v) is 0.448. The summed E-state index contributed by atoms with van der Waals surface area (Å²) >= 11 is 8.53. The van der Waals surface area contributed by atoms with E-state index < -0.39 is 0 Å². The molecule has 1 rings (SSSR count). The van der Waals surface area contributed by atoms with Gasteiger partial charge in [-0.3, -0.25) is 4.98 Å². The summed E-state index contributed by atoms with van der Waals surface area (Å²) in [6.45, 7) is 1.97. The van der Waals surface area contributed by atoms with Crippen LogP contribution in [0.2, 0.25) is 0 Å². The first-order chi connectivity index (χ1) is 4.81. The Labute approximate surface area is 86.7 Å². The number of pyridine rings is 1. The molecule has 1 aromatic heterocycles. The summed E-state index contributed by atoms with van der Waals surface area (Å²) in [6.07, 6.45) is 1.79. The van der Waals surface area contributed by atoms with Crippen LogP contribution in [0.3, 0.4) is 0 Å². The maximum atomic E-state index is 4.26. The van der Waals surface area contributed by atoms with Crippen molar-refractivity contribution in [1.29, 1.82) is 0 Å². The topological polar surface area (TPSA) is 22.1 Å². The van der Waals surface area contributed by atoms with E-state index in [1.54, 1.807) is 6.20 Å². The monoisotopic (exact) mass is 261 g/mol. The maximum absolute atomic E-state index is 4.26. The molecule has 0 N–H and O–H groups in total. The van der Waals surface area contributed by atoms with Crippen LogP contribution in [0, 0.1) is 6.92 Å². The van der Waals surface area contributed by atoms with Gasteiger partial charge in [0.2, 0.25) is 0 Å². The van der Waals surface area contributed by atoms with E-state index in [-0.39, 0.29) is 17.1 Å². The van der Waals surface area contributed by atoms with Crippen molar-refractivity contribution < 1.29 is 3.84 Å². The molecular weight excluding hydrogens is 252 g/mol. The van der Waals surface area contributed by atoms with Gasteiger partial charge in [0.05, 0.1) is 23.7 Å². The third-order valence-corrected chi connectivity index (χ3v) is 0.813. The van der Waals surface area contributed by atoms with E-state index in [4.69, 9.17) is 0 Å². The van der Waals surface area contributed by atoms with Crippen molar-refractivity contribution in [3.05, 3.63) is 30.1 Å². The average molecular weight is 261 g/mol. The molecule has 1 aromatic rings. The first-order valence-electron chi connectivity index (χ1n) is 2.58. The third-order valence-electron chi connectivity index (χ3n) is 0.813. The van der Waals surface area contributed by atoms with Crippen molar-refractivity contribution in [2.75, 3.05) is 0 Å². The molecule has 0 aliphatic rings. The van der Waals surface area contributed by atoms with Gasteiger partial charge in [0, 0.05) is 11.9 Å². The molecule has 0 amide bonds. The van der Waals surface area contributed by atoms with E-state index in [1.165, 1.54) is 0 Å². The van der Waals surface area contributed by atoms with Crippen molar-refractivity contribution in [3.63, 3.8) is 0 Å². The third kappa shape index (κ3) is 10.2. The molecule has 0 atom stereocenters. The van der Waals surface area contributed by atoms with Gasteiger partial charge in [0.25, 0.3) is 0 Å². The normalized spacial score (nSPS) is 7.18. The van der Waals surface area contributed by atoms with E-state index in [1.807, 2.05) is 25.1 Å². The number of hydrogen-bond donors (Lipinski definition) is 0. The standard InChI is InChI=1S/C6H7N.Cl2O.H2Se/c1-6-4-2-3-5-7-6;1-3-2;/h2-5H,1H3;;1H2. The Morgan fingerprint density at radius 3 is 2.09 bits per heavy atom. The molecule has 0 aliphatic carbocycles. The van der Waals surface area contributed by atoms with Gasteiger partial charge in [-0.25, -0.2) is 0 Å². The Bertz CT molecular complexity index is 162. The second kappa shape index (κ2) is 10.2. The van der Waals surface area contributed by atoms with Crippen LogP contribution in [0.1, 0.15) is 5.69 Å². The van der Waals surface area contributed by atoms with E-state index in [0.29, 0.717) is 0 Å². The fraction of sp³-hybridized carbons (Fsp3) is 0.167. The Morgan fingerprint density at radius 1 is 1.36 bits per heavy atom. The van der Waals surface area contributed by atoms with E-state index in [9.17, 15) is 0 Å². The van der Waals surface area contributed by atoms with Crippen molar-refractivity contribution in [2.45, 2.75) is 6.92 Å². The predicted octanol–water partition coefficient (Wildman–Crippen LogP) is 1.78. The molecule has 64 valence electrons. The zero-order valence-corrected chi connectivity index (χ0v) is 9.53. The zero-order valence-electron chi connectivity index (χ0n) is 5.92. The predicted molar refractivity (Wildman–Crippen MR) is 50.3 cm³/mol. The van der Waals surface area contributed by atoms with Crippen LogP contribution in [0.5, 0.6) is 0 Å². The molecule has 5 heteroatoms. The molecule has 0 spiro atoms. The second-order valence-corrected chi connectivity index (χ2v) is 2.00. The first-order valence-corrected chi connectivity index (χ1v) is 3.20. The van der Waals surface area contributed by atoms with E-state index >= 15 is 0 Å².